The van der Waals surface area contributed by atoms with Crippen LogP contribution in [0.15, 0.2) is 9.59 Å². The fraction of sp³-hybridized carbons (Fsp3) is 0.650. The predicted molar refractivity (Wildman–Crippen MR) is 116 cm³/mol. The van der Waals surface area contributed by atoms with Crippen LogP contribution in [0.1, 0.15) is 52.3 Å². The number of hydrogen-bond acceptors (Lipinski definition) is 7. The average Bonchev–Trinajstić information content (AvgIpc) is 3.37. The SMILES string of the molecule is CCCCn1c(=O)[nH]c(=O)c2c1nc(COC(=O)C1CSC3(C)CCC(=O)N13)n2CC. The summed E-state index contributed by atoms with van der Waals surface area (Å²) in [5.41, 5.74) is -0.410. The maximum absolute atomic E-state index is 12.8. The minimum absolute atomic E-state index is 0.0262. The molecule has 11 heteroatoms. The van der Waals surface area contributed by atoms with E-state index in [-0.39, 0.29) is 17.4 Å². The third-order valence-corrected chi connectivity index (χ3v) is 7.58. The van der Waals surface area contributed by atoms with Crippen LogP contribution in [0.4, 0.5) is 0 Å². The summed E-state index contributed by atoms with van der Waals surface area (Å²) < 4.78 is 8.67. The van der Waals surface area contributed by atoms with Crippen LogP contribution in [0, 0.1) is 0 Å². The lowest BCUT2D eigenvalue weighted by atomic mass is 10.2. The van der Waals surface area contributed by atoms with E-state index in [1.165, 1.54) is 4.57 Å². The Bertz CT molecular complexity index is 1150. The summed E-state index contributed by atoms with van der Waals surface area (Å²) >= 11 is 1.60. The first-order valence-corrected chi connectivity index (χ1v) is 11.6. The number of carbonyl (C=O) groups excluding carboxylic acids is 2. The van der Waals surface area contributed by atoms with Crippen molar-refractivity contribution in [1.82, 2.24) is 24.0 Å². The number of aromatic nitrogens is 4. The van der Waals surface area contributed by atoms with Gasteiger partial charge in [0.05, 0.1) is 4.87 Å². The number of H-pyrrole nitrogens is 1. The van der Waals surface area contributed by atoms with E-state index in [1.54, 1.807) is 21.2 Å². The molecule has 31 heavy (non-hydrogen) atoms. The van der Waals surface area contributed by atoms with Gasteiger partial charge in [-0.3, -0.25) is 19.1 Å². The second kappa shape index (κ2) is 8.18. The lowest BCUT2D eigenvalue weighted by molar-refractivity contribution is -0.154. The number of hydrogen-bond donors (Lipinski definition) is 1. The second-order valence-corrected chi connectivity index (χ2v) is 9.58. The van der Waals surface area contributed by atoms with Gasteiger partial charge >= 0.3 is 11.7 Å². The van der Waals surface area contributed by atoms with E-state index in [0.29, 0.717) is 42.3 Å². The molecular weight excluding hydrogens is 422 g/mol. The molecule has 2 aliphatic rings. The van der Waals surface area contributed by atoms with Crippen LogP contribution >= 0.6 is 11.8 Å². The minimum Gasteiger partial charge on any atom is -0.456 e. The molecule has 0 radical (unpaired) electrons. The van der Waals surface area contributed by atoms with Gasteiger partial charge in [0, 0.05) is 25.3 Å². The van der Waals surface area contributed by atoms with Crippen molar-refractivity contribution in [3.8, 4) is 0 Å². The fourth-order valence-electron chi connectivity index (χ4n) is 4.42. The van der Waals surface area contributed by atoms with E-state index in [0.717, 1.165) is 19.3 Å². The lowest BCUT2D eigenvalue weighted by Crippen LogP contribution is -2.46. The van der Waals surface area contributed by atoms with Crippen molar-refractivity contribution >= 4 is 34.8 Å². The highest BCUT2D eigenvalue weighted by atomic mass is 32.2. The third kappa shape index (κ3) is 3.58. The first-order valence-electron chi connectivity index (χ1n) is 10.7. The molecular formula is C20H27N5O5S. The lowest BCUT2D eigenvalue weighted by Gasteiger charge is -2.29. The Morgan fingerprint density at radius 2 is 2.06 bits per heavy atom. The van der Waals surface area contributed by atoms with Crippen molar-refractivity contribution in [2.24, 2.45) is 0 Å². The number of amides is 1. The largest absolute Gasteiger partial charge is 0.456 e. The highest BCUT2D eigenvalue weighted by molar-refractivity contribution is 8.01. The first-order chi connectivity index (χ1) is 14.8. The Morgan fingerprint density at radius 1 is 1.29 bits per heavy atom. The van der Waals surface area contributed by atoms with Crippen molar-refractivity contribution < 1.29 is 14.3 Å². The van der Waals surface area contributed by atoms with Gasteiger partial charge < -0.3 is 14.2 Å². The van der Waals surface area contributed by atoms with Gasteiger partial charge in [-0.25, -0.2) is 14.6 Å². The number of rotatable bonds is 7. The Hall–Kier alpha value is -2.56. The molecule has 0 aliphatic carbocycles. The standard InChI is InChI=1S/C20H27N5O5S/c1-4-6-9-24-16-15(17(27)22-19(24)29)23(5-2)13(21-16)10-30-18(28)12-11-31-20(3)8-7-14(26)25(12)20/h12H,4-11H2,1-3H3,(H,22,27,29). The van der Waals surface area contributed by atoms with E-state index in [9.17, 15) is 19.2 Å². The molecule has 1 N–H and O–H groups in total. The van der Waals surface area contributed by atoms with Crippen LogP contribution in [0.2, 0.25) is 0 Å². The fourth-order valence-corrected chi connectivity index (χ4v) is 5.84. The Labute approximate surface area is 183 Å². The van der Waals surface area contributed by atoms with Gasteiger partial charge in [-0.05, 0) is 26.7 Å². The number of esters is 1. The van der Waals surface area contributed by atoms with Gasteiger partial charge in [0.2, 0.25) is 5.91 Å². The molecule has 4 rings (SSSR count). The molecule has 2 aromatic rings. The van der Waals surface area contributed by atoms with Crippen LogP contribution in [0.5, 0.6) is 0 Å². The molecule has 2 atom stereocenters. The van der Waals surface area contributed by atoms with Crippen molar-refractivity contribution in [3.05, 3.63) is 26.7 Å². The topological polar surface area (TPSA) is 119 Å². The van der Waals surface area contributed by atoms with E-state index < -0.39 is 23.3 Å². The van der Waals surface area contributed by atoms with Crippen LogP contribution in [0.25, 0.3) is 11.2 Å². The summed E-state index contributed by atoms with van der Waals surface area (Å²) in [7, 11) is 0. The number of fused-ring (bicyclic) bond motifs is 2. The molecule has 2 aromatic heterocycles. The zero-order valence-electron chi connectivity index (χ0n) is 18.0. The summed E-state index contributed by atoms with van der Waals surface area (Å²) in [5, 5.41) is 0. The zero-order valence-corrected chi connectivity index (χ0v) is 18.8. The highest BCUT2D eigenvalue weighted by Crippen LogP contribution is 2.47. The molecule has 2 fully saturated rings. The smallest absolute Gasteiger partial charge is 0.330 e. The summed E-state index contributed by atoms with van der Waals surface area (Å²) in [6.07, 6.45) is 2.83. The molecule has 0 spiro atoms. The summed E-state index contributed by atoms with van der Waals surface area (Å²) in [5.74, 6) is 0.398. The van der Waals surface area contributed by atoms with Crippen molar-refractivity contribution in [2.45, 2.75) is 77.1 Å². The van der Waals surface area contributed by atoms with E-state index in [1.807, 2.05) is 20.8 Å². The number of nitrogens with one attached hydrogen (secondary N) is 1. The Balaban J connectivity index is 1.61. The normalized spacial score (nSPS) is 23.0. The van der Waals surface area contributed by atoms with E-state index in [2.05, 4.69) is 9.97 Å². The van der Waals surface area contributed by atoms with Gasteiger partial charge in [-0.1, -0.05) is 13.3 Å². The molecule has 0 saturated carbocycles. The molecule has 1 amide bonds. The summed E-state index contributed by atoms with van der Waals surface area (Å²) in [6, 6.07) is -0.615. The maximum Gasteiger partial charge on any atom is 0.330 e. The van der Waals surface area contributed by atoms with Crippen LogP contribution in [0.3, 0.4) is 0 Å². The van der Waals surface area contributed by atoms with Gasteiger partial charge in [0.1, 0.15) is 18.5 Å². The molecule has 4 heterocycles. The average molecular weight is 450 g/mol. The van der Waals surface area contributed by atoms with Crippen molar-refractivity contribution in [3.63, 3.8) is 0 Å². The molecule has 0 aromatic carbocycles. The summed E-state index contributed by atoms with van der Waals surface area (Å²) in [4.78, 5) is 58.0. The third-order valence-electron chi connectivity index (χ3n) is 6.08. The van der Waals surface area contributed by atoms with Crippen LogP contribution < -0.4 is 11.2 Å². The predicted octanol–water partition coefficient (Wildman–Crippen LogP) is 1.20. The number of ether oxygens (including phenoxy) is 1. The molecule has 2 unspecified atom stereocenters. The molecule has 2 saturated heterocycles. The molecule has 2 aliphatic heterocycles. The number of nitrogens with zero attached hydrogens (tertiary/aromatic N) is 4. The number of carbonyl (C=O) groups is 2. The Morgan fingerprint density at radius 3 is 2.77 bits per heavy atom. The van der Waals surface area contributed by atoms with Crippen molar-refractivity contribution in [1.29, 1.82) is 0 Å². The van der Waals surface area contributed by atoms with Gasteiger partial charge in [-0.2, -0.15) is 0 Å². The van der Waals surface area contributed by atoms with Gasteiger partial charge in [-0.15, -0.1) is 11.8 Å². The quantitative estimate of drug-likeness (QED) is 0.631. The second-order valence-electron chi connectivity index (χ2n) is 8.08. The highest BCUT2D eigenvalue weighted by Gasteiger charge is 2.53. The van der Waals surface area contributed by atoms with Crippen LogP contribution in [-0.2, 0) is 34.0 Å². The molecule has 0 bridgehead atoms. The number of aryl methyl sites for hydroxylation is 2. The number of thioether (sulfide) groups is 1. The van der Waals surface area contributed by atoms with Crippen molar-refractivity contribution in [2.75, 3.05) is 5.75 Å². The Kier molecular flexibility index (Phi) is 5.71. The van der Waals surface area contributed by atoms with Crippen LogP contribution in [-0.4, -0.2) is 52.5 Å². The van der Waals surface area contributed by atoms with Gasteiger partial charge in [0.15, 0.2) is 11.2 Å². The van der Waals surface area contributed by atoms with Gasteiger partial charge in [0.25, 0.3) is 5.56 Å². The van der Waals surface area contributed by atoms with E-state index >= 15 is 0 Å². The monoisotopic (exact) mass is 449 g/mol. The number of unbranched alkanes of at least 4 members (excludes halogenated alkanes) is 1. The molecule has 10 nitrogen and oxygen atoms in total. The van der Waals surface area contributed by atoms with E-state index in [4.69, 9.17) is 4.74 Å². The number of aromatic amines is 1. The number of imidazole rings is 1. The maximum atomic E-state index is 12.8. The minimum atomic E-state index is -0.615. The first kappa shape index (κ1) is 21.7. The molecule has 168 valence electrons. The zero-order chi connectivity index (χ0) is 22.3. The summed E-state index contributed by atoms with van der Waals surface area (Å²) in [6.45, 7) is 6.59.